The van der Waals surface area contributed by atoms with Gasteiger partial charge in [-0.15, -0.1) is 0 Å². The summed E-state index contributed by atoms with van der Waals surface area (Å²) in [7, 11) is 3.24. The molecule has 1 aliphatic carbocycles. The number of Topliss-reactive ketones (excluding diaryl/α,β-unsaturated/α-hetero) is 1. The van der Waals surface area contributed by atoms with Crippen LogP contribution in [0.3, 0.4) is 0 Å². The van der Waals surface area contributed by atoms with Crippen LogP contribution in [0.15, 0.2) is 18.2 Å². The van der Waals surface area contributed by atoms with Crippen molar-refractivity contribution in [3.05, 3.63) is 23.8 Å². The molecule has 24 heavy (non-hydrogen) atoms. The highest BCUT2D eigenvalue weighted by Crippen LogP contribution is 2.43. The van der Waals surface area contributed by atoms with E-state index in [0.29, 0.717) is 43.1 Å². The summed E-state index contributed by atoms with van der Waals surface area (Å²) >= 11 is 0. The molecule has 0 heterocycles. The Bertz CT molecular complexity index is 587. The first-order valence-electron chi connectivity index (χ1n) is 8.55. The third-order valence-corrected chi connectivity index (χ3v) is 5.01. The second-order valence-electron chi connectivity index (χ2n) is 6.34. The Morgan fingerprint density at radius 2 is 1.83 bits per heavy atom. The zero-order valence-electron chi connectivity index (χ0n) is 14.8. The van der Waals surface area contributed by atoms with Crippen molar-refractivity contribution in [2.45, 2.75) is 50.9 Å². The minimum absolute atomic E-state index is 0.0596. The standard InChI is InChI=1S/C19H27NO4/c1-4-18(22)20-12-11-19(9-7-15(21)8-10-19)14-5-6-16(23-2)17(13-14)24-3/h5-6,13H,4,7-12H2,1-3H3,(H,20,22). The molecule has 1 aromatic rings. The Hall–Kier alpha value is -2.04. The van der Waals surface area contributed by atoms with Gasteiger partial charge in [0, 0.05) is 25.8 Å². The summed E-state index contributed by atoms with van der Waals surface area (Å²) in [6.07, 6.45) is 4.11. The smallest absolute Gasteiger partial charge is 0.219 e. The molecule has 0 aliphatic heterocycles. The van der Waals surface area contributed by atoms with Crippen LogP contribution >= 0.6 is 0 Å². The third kappa shape index (κ3) is 4.08. The zero-order valence-corrected chi connectivity index (χ0v) is 14.8. The molecule has 1 N–H and O–H groups in total. The summed E-state index contributed by atoms with van der Waals surface area (Å²) in [5.41, 5.74) is 1.05. The maximum absolute atomic E-state index is 11.7. The van der Waals surface area contributed by atoms with E-state index in [-0.39, 0.29) is 11.3 Å². The number of hydrogen-bond donors (Lipinski definition) is 1. The van der Waals surface area contributed by atoms with Gasteiger partial charge in [0.2, 0.25) is 5.91 Å². The van der Waals surface area contributed by atoms with Crippen molar-refractivity contribution in [1.29, 1.82) is 0 Å². The fourth-order valence-corrected chi connectivity index (χ4v) is 3.42. The highest BCUT2D eigenvalue weighted by Gasteiger charge is 2.36. The van der Waals surface area contributed by atoms with Crippen LogP contribution in [-0.4, -0.2) is 32.5 Å². The molecule has 0 radical (unpaired) electrons. The van der Waals surface area contributed by atoms with Gasteiger partial charge in [0.05, 0.1) is 14.2 Å². The van der Waals surface area contributed by atoms with Gasteiger partial charge in [0.25, 0.3) is 0 Å². The Morgan fingerprint density at radius 1 is 1.17 bits per heavy atom. The monoisotopic (exact) mass is 333 g/mol. The molecule has 5 nitrogen and oxygen atoms in total. The maximum atomic E-state index is 11.7. The number of nitrogens with one attached hydrogen (secondary N) is 1. The van der Waals surface area contributed by atoms with E-state index in [1.54, 1.807) is 14.2 Å². The predicted molar refractivity (Wildman–Crippen MR) is 92.6 cm³/mol. The number of amides is 1. The molecule has 0 bridgehead atoms. The zero-order chi connectivity index (χ0) is 17.6. The lowest BCUT2D eigenvalue weighted by molar-refractivity contribution is -0.122. The molecule has 5 heteroatoms. The van der Waals surface area contributed by atoms with Gasteiger partial charge >= 0.3 is 0 Å². The van der Waals surface area contributed by atoms with Crippen molar-refractivity contribution in [3.63, 3.8) is 0 Å². The molecular weight excluding hydrogens is 306 g/mol. The van der Waals surface area contributed by atoms with Crippen molar-refractivity contribution in [1.82, 2.24) is 5.32 Å². The van der Waals surface area contributed by atoms with Gasteiger partial charge in [-0.25, -0.2) is 0 Å². The number of hydrogen-bond acceptors (Lipinski definition) is 4. The topological polar surface area (TPSA) is 64.6 Å². The number of carbonyl (C=O) groups is 2. The molecule has 1 fully saturated rings. The Morgan fingerprint density at radius 3 is 2.42 bits per heavy atom. The van der Waals surface area contributed by atoms with Crippen LogP contribution in [0.2, 0.25) is 0 Å². The van der Waals surface area contributed by atoms with E-state index >= 15 is 0 Å². The van der Waals surface area contributed by atoms with E-state index in [0.717, 1.165) is 24.8 Å². The van der Waals surface area contributed by atoms with Gasteiger partial charge in [-0.3, -0.25) is 9.59 Å². The van der Waals surface area contributed by atoms with Gasteiger partial charge < -0.3 is 14.8 Å². The molecule has 0 atom stereocenters. The molecule has 1 amide bonds. The van der Waals surface area contributed by atoms with Gasteiger partial charge in [0.1, 0.15) is 5.78 Å². The lowest BCUT2D eigenvalue weighted by atomic mass is 9.67. The number of ether oxygens (including phenoxy) is 2. The molecule has 0 saturated heterocycles. The average Bonchev–Trinajstić information content (AvgIpc) is 2.62. The predicted octanol–water partition coefficient (Wildman–Crippen LogP) is 3.00. The van der Waals surface area contributed by atoms with Crippen molar-refractivity contribution in [3.8, 4) is 11.5 Å². The van der Waals surface area contributed by atoms with Crippen LogP contribution in [0.4, 0.5) is 0 Å². The second kappa shape index (κ2) is 8.18. The summed E-state index contributed by atoms with van der Waals surface area (Å²) in [4.78, 5) is 23.2. The van der Waals surface area contributed by atoms with Crippen LogP contribution in [-0.2, 0) is 15.0 Å². The first-order chi connectivity index (χ1) is 11.5. The summed E-state index contributed by atoms with van der Waals surface area (Å²) in [6.45, 7) is 2.47. The molecule has 132 valence electrons. The van der Waals surface area contributed by atoms with Crippen molar-refractivity contribution < 1.29 is 19.1 Å². The van der Waals surface area contributed by atoms with Gasteiger partial charge in [0.15, 0.2) is 11.5 Å². The SMILES string of the molecule is CCC(=O)NCCC1(c2ccc(OC)c(OC)c2)CCC(=O)CC1. The quantitative estimate of drug-likeness (QED) is 0.833. The number of ketones is 1. The Labute approximate surface area is 143 Å². The van der Waals surface area contributed by atoms with E-state index in [1.165, 1.54) is 0 Å². The second-order valence-corrected chi connectivity index (χ2v) is 6.34. The molecule has 1 saturated carbocycles. The molecule has 0 unspecified atom stereocenters. The van der Waals surface area contributed by atoms with Crippen LogP contribution in [0, 0.1) is 0 Å². The van der Waals surface area contributed by atoms with Crippen LogP contribution in [0.25, 0.3) is 0 Å². The minimum Gasteiger partial charge on any atom is -0.493 e. The van der Waals surface area contributed by atoms with Gasteiger partial charge in [-0.1, -0.05) is 13.0 Å². The van der Waals surface area contributed by atoms with Crippen molar-refractivity contribution in [2.75, 3.05) is 20.8 Å². The largest absolute Gasteiger partial charge is 0.493 e. The van der Waals surface area contributed by atoms with E-state index < -0.39 is 0 Å². The van der Waals surface area contributed by atoms with Crippen molar-refractivity contribution in [2.24, 2.45) is 0 Å². The fraction of sp³-hybridized carbons (Fsp3) is 0.579. The van der Waals surface area contributed by atoms with Gasteiger partial charge in [-0.05, 0) is 42.4 Å². The highest BCUT2D eigenvalue weighted by molar-refractivity contribution is 5.79. The fourth-order valence-electron chi connectivity index (χ4n) is 3.42. The van der Waals surface area contributed by atoms with Gasteiger partial charge in [-0.2, -0.15) is 0 Å². The number of carbonyl (C=O) groups excluding carboxylic acids is 2. The van der Waals surface area contributed by atoms with E-state index in [2.05, 4.69) is 11.4 Å². The number of rotatable bonds is 7. The molecule has 0 aromatic heterocycles. The molecule has 1 aliphatic rings. The first kappa shape index (κ1) is 18.3. The molecule has 0 spiro atoms. The average molecular weight is 333 g/mol. The summed E-state index contributed by atoms with van der Waals surface area (Å²) in [5, 5.41) is 2.96. The number of benzene rings is 1. The minimum atomic E-state index is -0.103. The normalized spacial score (nSPS) is 16.5. The summed E-state index contributed by atoms with van der Waals surface area (Å²) in [5.74, 6) is 1.78. The molecule has 1 aromatic carbocycles. The Balaban J connectivity index is 2.25. The molecular formula is C19H27NO4. The lowest BCUT2D eigenvalue weighted by Gasteiger charge is -2.38. The summed E-state index contributed by atoms with van der Waals surface area (Å²) in [6, 6.07) is 5.98. The van der Waals surface area contributed by atoms with Crippen LogP contribution in [0.1, 0.15) is 51.0 Å². The van der Waals surface area contributed by atoms with E-state index in [1.807, 2.05) is 19.1 Å². The van der Waals surface area contributed by atoms with Crippen LogP contribution < -0.4 is 14.8 Å². The maximum Gasteiger partial charge on any atom is 0.219 e. The van der Waals surface area contributed by atoms with Crippen LogP contribution in [0.5, 0.6) is 11.5 Å². The Kier molecular flexibility index (Phi) is 6.23. The third-order valence-electron chi connectivity index (χ3n) is 5.01. The van der Waals surface area contributed by atoms with E-state index in [4.69, 9.17) is 9.47 Å². The first-order valence-corrected chi connectivity index (χ1v) is 8.55. The molecule has 2 rings (SSSR count). The van der Waals surface area contributed by atoms with Crippen molar-refractivity contribution >= 4 is 11.7 Å². The summed E-state index contributed by atoms with van der Waals surface area (Å²) < 4.78 is 10.8. The van der Waals surface area contributed by atoms with E-state index in [9.17, 15) is 9.59 Å². The number of methoxy groups -OCH3 is 2. The lowest BCUT2D eigenvalue weighted by Crippen LogP contribution is -2.36. The highest BCUT2D eigenvalue weighted by atomic mass is 16.5.